The number of nitrogens with two attached hydrogens (primary N) is 1. The summed E-state index contributed by atoms with van der Waals surface area (Å²) in [6.45, 7) is 4.27. The Hall–Kier alpha value is -3.62. The Bertz CT molecular complexity index is 940. The highest BCUT2D eigenvalue weighted by Crippen LogP contribution is 2.31. The number of hydrogen-bond donors (Lipinski definition) is 3. The number of nitrogens with zero attached hydrogens (tertiary/aromatic N) is 3. The van der Waals surface area contributed by atoms with Gasteiger partial charge in [0.2, 0.25) is 17.6 Å². The highest BCUT2D eigenvalue weighted by molar-refractivity contribution is 5.74. The molecule has 2 heterocycles. The second kappa shape index (κ2) is 7.09. The fraction of sp³-hybridized carbons (Fsp3) is 0.176. The van der Waals surface area contributed by atoms with Crippen molar-refractivity contribution in [1.29, 1.82) is 0 Å². The van der Waals surface area contributed by atoms with Crippen molar-refractivity contribution in [3.8, 4) is 0 Å². The van der Waals surface area contributed by atoms with E-state index in [1.165, 1.54) is 0 Å². The van der Waals surface area contributed by atoms with Gasteiger partial charge < -0.3 is 20.8 Å². The first-order valence-corrected chi connectivity index (χ1v) is 7.86. The van der Waals surface area contributed by atoms with Crippen molar-refractivity contribution in [2.45, 2.75) is 20.4 Å². The number of nitrogen functional groups attached to an aromatic ring is 1. The minimum absolute atomic E-state index is 0.0210. The van der Waals surface area contributed by atoms with Gasteiger partial charge in [-0.2, -0.15) is 9.97 Å². The Kier molecular flexibility index (Phi) is 4.70. The number of furan rings is 1. The lowest BCUT2D eigenvalue weighted by molar-refractivity contribution is -0.383. The number of benzene rings is 1. The molecule has 9 nitrogen and oxygen atoms in total. The largest absolute Gasteiger partial charge is 0.467 e. The minimum Gasteiger partial charge on any atom is -0.467 e. The third-order valence-electron chi connectivity index (χ3n) is 3.86. The van der Waals surface area contributed by atoms with Crippen LogP contribution >= 0.6 is 0 Å². The SMILES string of the molecule is Cc1ccc(Nc2nc(NCc3ccco3)nc(N)c2[N+](=O)[O-])cc1C. The van der Waals surface area contributed by atoms with Crippen LogP contribution < -0.4 is 16.4 Å². The monoisotopic (exact) mass is 354 g/mol. The fourth-order valence-corrected chi connectivity index (χ4v) is 2.35. The molecule has 0 atom stereocenters. The lowest BCUT2D eigenvalue weighted by Crippen LogP contribution is -2.10. The van der Waals surface area contributed by atoms with Crippen LogP contribution in [0.4, 0.5) is 29.0 Å². The molecule has 0 bridgehead atoms. The van der Waals surface area contributed by atoms with Crippen molar-refractivity contribution in [2.75, 3.05) is 16.4 Å². The van der Waals surface area contributed by atoms with E-state index in [9.17, 15) is 10.1 Å². The zero-order valence-corrected chi connectivity index (χ0v) is 14.3. The summed E-state index contributed by atoms with van der Waals surface area (Å²) in [4.78, 5) is 18.9. The summed E-state index contributed by atoms with van der Waals surface area (Å²) in [6, 6.07) is 9.17. The van der Waals surface area contributed by atoms with Gasteiger partial charge in [-0.1, -0.05) is 6.07 Å². The maximum absolute atomic E-state index is 11.4. The van der Waals surface area contributed by atoms with Gasteiger partial charge in [-0.15, -0.1) is 0 Å². The number of hydrogen-bond acceptors (Lipinski definition) is 8. The minimum atomic E-state index is -0.602. The molecule has 0 saturated carbocycles. The van der Waals surface area contributed by atoms with Gasteiger partial charge in [0.05, 0.1) is 17.7 Å². The first kappa shape index (κ1) is 17.2. The van der Waals surface area contributed by atoms with Crippen LogP contribution in [0.15, 0.2) is 41.0 Å². The van der Waals surface area contributed by atoms with Gasteiger partial charge in [0.25, 0.3) is 0 Å². The highest BCUT2D eigenvalue weighted by atomic mass is 16.6. The van der Waals surface area contributed by atoms with Crippen LogP contribution in [0.25, 0.3) is 0 Å². The van der Waals surface area contributed by atoms with Crippen LogP contribution in [0, 0.1) is 24.0 Å². The summed E-state index contributed by atoms with van der Waals surface area (Å²) in [7, 11) is 0. The molecule has 3 aromatic rings. The number of aryl methyl sites for hydroxylation is 2. The van der Waals surface area contributed by atoms with Crippen molar-refractivity contribution < 1.29 is 9.34 Å². The molecule has 9 heteroatoms. The van der Waals surface area contributed by atoms with Gasteiger partial charge in [0.1, 0.15) is 5.76 Å². The molecule has 134 valence electrons. The average molecular weight is 354 g/mol. The predicted molar refractivity (Wildman–Crippen MR) is 98.3 cm³/mol. The molecular formula is C17H18N6O3. The zero-order chi connectivity index (χ0) is 18.7. The van der Waals surface area contributed by atoms with E-state index in [4.69, 9.17) is 10.2 Å². The van der Waals surface area contributed by atoms with Crippen LogP contribution in [0.3, 0.4) is 0 Å². The van der Waals surface area contributed by atoms with E-state index in [-0.39, 0.29) is 23.3 Å². The standard InChI is InChI=1S/C17H18N6O3/c1-10-5-6-12(8-11(10)2)20-16-14(23(24)25)15(18)21-17(22-16)19-9-13-4-3-7-26-13/h3-8H,9H2,1-2H3,(H4,18,19,20,21,22). The van der Waals surface area contributed by atoms with Gasteiger partial charge in [-0.25, -0.2) is 0 Å². The molecule has 0 aliphatic heterocycles. The summed E-state index contributed by atoms with van der Waals surface area (Å²) in [5.41, 5.74) is 8.26. The molecule has 0 amide bonds. The zero-order valence-electron chi connectivity index (χ0n) is 14.3. The molecule has 0 spiro atoms. The summed E-state index contributed by atoms with van der Waals surface area (Å²) >= 11 is 0. The quantitative estimate of drug-likeness (QED) is 0.452. The molecule has 0 aliphatic rings. The van der Waals surface area contributed by atoms with E-state index in [0.717, 1.165) is 11.1 Å². The number of aromatic nitrogens is 2. The third-order valence-corrected chi connectivity index (χ3v) is 3.86. The summed E-state index contributed by atoms with van der Waals surface area (Å²) < 4.78 is 5.22. The molecule has 4 N–H and O–H groups in total. The van der Waals surface area contributed by atoms with E-state index < -0.39 is 4.92 Å². The number of nitrogens with one attached hydrogen (secondary N) is 2. The van der Waals surface area contributed by atoms with Crippen molar-refractivity contribution in [3.63, 3.8) is 0 Å². The molecule has 0 aliphatic carbocycles. The van der Waals surface area contributed by atoms with Crippen LogP contribution in [0.2, 0.25) is 0 Å². The lowest BCUT2D eigenvalue weighted by atomic mass is 10.1. The Morgan fingerprint density at radius 1 is 1.23 bits per heavy atom. The molecular weight excluding hydrogens is 336 g/mol. The van der Waals surface area contributed by atoms with Crippen LogP contribution in [-0.2, 0) is 6.54 Å². The number of rotatable bonds is 6. The van der Waals surface area contributed by atoms with Gasteiger partial charge in [0, 0.05) is 5.69 Å². The van der Waals surface area contributed by atoms with Gasteiger partial charge in [0.15, 0.2) is 0 Å². The van der Waals surface area contributed by atoms with Crippen LogP contribution in [-0.4, -0.2) is 14.9 Å². The highest BCUT2D eigenvalue weighted by Gasteiger charge is 2.23. The van der Waals surface area contributed by atoms with Crippen LogP contribution in [0.5, 0.6) is 0 Å². The maximum Gasteiger partial charge on any atom is 0.353 e. The molecule has 0 unspecified atom stereocenters. The Labute approximate surface area is 149 Å². The molecule has 1 aromatic carbocycles. The number of nitro groups is 1. The molecule has 0 saturated heterocycles. The van der Waals surface area contributed by atoms with Crippen molar-refractivity contribution in [2.24, 2.45) is 0 Å². The topological polar surface area (TPSA) is 132 Å². The summed E-state index contributed by atoms with van der Waals surface area (Å²) in [5.74, 6) is 0.635. The molecule has 0 radical (unpaired) electrons. The van der Waals surface area contributed by atoms with Crippen molar-refractivity contribution in [1.82, 2.24) is 9.97 Å². The van der Waals surface area contributed by atoms with E-state index >= 15 is 0 Å². The van der Waals surface area contributed by atoms with Gasteiger partial charge in [-0.05, 0) is 49.2 Å². The third kappa shape index (κ3) is 3.72. The Morgan fingerprint density at radius 2 is 2.04 bits per heavy atom. The first-order valence-electron chi connectivity index (χ1n) is 7.86. The first-order chi connectivity index (χ1) is 12.4. The summed E-state index contributed by atoms with van der Waals surface area (Å²) in [6.07, 6.45) is 1.55. The normalized spacial score (nSPS) is 10.5. The molecule has 0 fully saturated rings. The smallest absolute Gasteiger partial charge is 0.353 e. The van der Waals surface area contributed by atoms with Gasteiger partial charge in [-0.3, -0.25) is 10.1 Å². The van der Waals surface area contributed by atoms with E-state index in [1.54, 1.807) is 18.4 Å². The molecule has 26 heavy (non-hydrogen) atoms. The Balaban J connectivity index is 1.92. The molecule has 3 rings (SSSR count). The second-order valence-electron chi connectivity index (χ2n) is 5.74. The van der Waals surface area contributed by atoms with Crippen molar-refractivity contribution in [3.05, 3.63) is 63.6 Å². The average Bonchev–Trinajstić information content (AvgIpc) is 3.09. The second-order valence-corrected chi connectivity index (χ2v) is 5.74. The summed E-state index contributed by atoms with van der Waals surface area (Å²) in [5, 5.41) is 17.3. The van der Waals surface area contributed by atoms with E-state index in [2.05, 4.69) is 20.6 Å². The molecule has 2 aromatic heterocycles. The number of anilines is 4. The van der Waals surface area contributed by atoms with E-state index in [0.29, 0.717) is 18.0 Å². The predicted octanol–water partition coefficient (Wildman–Crippen LogP) is 3.53. The Morgan fingerprint density at radius 3 is 2.69 bits per heavy atom. The van der Waals surface area contributed by atoms with Crippen molar-refractivity contribution >= 4 is 29.0 Å². The van der Waals surface area contributed by atoms with Crippen LogP contribution in [0.1, 0.15) is 16.9 Å². The van der Waals surface area contributed by atoms with E-state index in [1.807, 2.05) is 32.0 Å². The van der Waals surface area contributed by atoms with Gasteiger partial charge >= 0.3 is 5.69 Å². The lowest BCUT2D eigenvalue weighted by Gasteiger charge is -2.11. The maximum atomic E-state index is 11.4. The fourth-order valence-electron chi connectivity index (χ4n) is 2.35.